The molecular formula is C10H18O5S. The fourth-order valence-corrected chi connectivity index (χ4v) is 1.54. The van der Waals surface area contributed by atoms with Gasteiger partial charge in [0.15, 0.2) is 0 Å². The van der Waals surface area contributed by atoms with Gasteiger partial charge in [-0.1, -0.05) is 0 Å². The maximum absolute atomic E-state index is 11.1. The molecule has 6 heteroatoms. The molecule has 1 atom stereocenters. The Morgan fingerprint density at radius 1 is 1.38 bits per heavy atom. The van der Waals surface area contributed by atoms with E-state index in [0.29, 0.717) is 24.5 Å². The van der Waals surface area contributed by atoms with Crippen molar-refractivity contribution in [3.63, 3.8) is 0 Å². The second-order valence-corrected chi connectivity index (χ2v) is 4.41. The second-order valence-electron chi connectivity index (χ2n) is 3.19. The lowest BCUT2D eigenvalue weighted by Gasteiger charge is -2.09. The summed E-state index contributed by atoms with van der Waals surface area (Å²) in [6.07, 6.45) is -0.145. The first-order valence-corrected chi connectivity index (χ1v) is 6.23. The van der Waals surface area contributed by atoms with Gasteiger partial charge in [0.1, 0.15) is 12.7 Å². The molecule has 1 N–H and O–H groups in total. The molecule has 0 heterocycles. The number of rotatable bonds is 8. The molecule has 0 bridgehead atoms. The molecule has 0 radical (unpaired) electrons. The van der Waals surface area contributed by atoms with Crippen molar-refractivity contribution in [2.24, 2.45) is 0 Å². The Bertz CT molecular complexity index is 219. The molecule has 0 rings (SSSR count). The molecule has 0 fully saturated rings. The lowest BCUT2D eigenvalue weighted by molar-refractivity contribution is -0.149. The molecule has 5 nitrogen and oxygen atoms in total. The van der Waals surface area contributed by atoms with Gasteiger partial charge in [-0.3, -0.25) is 9.59 Å². The van der Waals surface area contributed by atoms with Crippen molar-refractivity contribution in [1.29, 1.82) is 0 Å². The highest BCUT2D eigenvalue weighted by atomic mass is 32.2. The molecule has 0 aliphatic rings. The SMILES string of the molecule is CC(=O)OCCSCCC(=O)OC(C)CO. The zero-order chi connectivity index (χ0) is 12.4. The van der Waals surface area contributed by atoms with Gasteiger partial charge in [-0.25, -0.2) is 0 Å². The average Bonchev–Trinajstić information content (AvgIpc) is 2.22. The van der Waals surface area contributed by atoms with E-state index in [0.717, 1.165) is 0 Å². The Hall–Kier alpha value is -0.750. The minimum absolute atomic E-state index is 0.161. The molecule has 0 aliphatic heterocycles. The van der Waals surface area contributed by atoms with Gasteiger partial charge in [0, 0.05) is 18.4 Å². The first-order chi connectivity index (χ1) is 7.56. The van der Waals surface area contributed by atoms with Gasteiger partial charge in [-0.15, -0.1) is 0 Å². The quantitative estimate of drug-likeness (QED) is 0.502. The normalized spacial score (nSPS) is 11.9. The summed E-state index contributed by atoms with van der Waals surface area (Å²) in [4.78, 5) is 21.5. The van der Waals surface area contributed by atoms with Crippen LogP contribution in [0, 0.1) is 0 Å². The van der Waals surface area contributed by atoms with E-state index in [1.807, 2.05) is 0 Å². The van der Waals surface area contributed by atoms with Crippen LogP contribution in [-0.4, -0.2) is 47.9 Å². The number of aliphatic hydroxyl groups excluding tert-OH is 1. The lowest BCUT2D eigenvalue weighted by Crippen LogP contribution is -2.18. The predicted molar refractivity (Wildman–Crippen MR) is 61.2 cm³/mol. The number of ether oxygens (including phenoxy) is 2. The van der Waals surface area contributed by atoms with Crippen molar-refractivity contribution in [2.45, 2.75) is 26.4 Å². The van der Waals surface area contributed by atoms with Crippen LogP contribution >= 0.6 is 11.8 Å². The molecule has 0 aromatic carbocycles. The van der Waals surface area contributed by atoms with Crippen molar-refractivity contribution in [3.05, 3.63) is 0 Å². The third-order valence-electron chi connectivity index (χ3n) is 1.57. The van der Waals surface area contributed by atoms with Crippen LogP contribution in [0.25, 0.3) is 0 Å². The molecular weight excluding hydrogens is 232 g/mol. The fourth-order valence-electron chi connectivity index (χ4n) is 0.822. The number of hydrogen-bond donors (Lipinski definition) is 1. The summed E-state index contributed by atoms with van der Waals surface area (Å²) >= 11 is 1.52. The van der Waals surface area contributed by atoms with Gasteiger partial charge in [0.05, 0.1) is 13.0 Å². The largest absolute Gasteiger partial charge is 0.465 e. The average molecular weight is 250 g/mol. The molecule has 0 aromatic rings. The summed E-state index contributed by atoms with van der Waals surface area (Å²) in [6.45, 7) is 3.19. The summed E-state index contributed by atoms with van der Waals surface area (Å²) in [5.74, 6) is 0.680. The smallest absolute Gasteiger partial charge is 0.306 e. The summed E-state index contributed by atoms with van der Waals surface area (Å²) in [5, 5.41) is 8.65. The van der Waals surface area contributed by atoms with E-state index in [4.69, 9.17) is 14.6 Å². The molecule has 16 heavy (non-hydrogen) atoms. The maximum atomic E-state index is 11.1. The summed E-state index contributed by atoms with van der Waals surface area (Å²) in [5.41, 5.74) is 0. The molecule has 0 saturated carbocycles. The number of aliphatic hydroxyl groups is 1. The molecule has 94 valence electrons. The predicted octanol–water partition coefficient (Wildman–Crippen LogP) is 0.597. The third kappa shape index (κ3) is 9.79. The van der Waals surface area contributed by atoms with Crippen LogP contribution in [0.15, 0.2) is 0 Å². The zero-order valence-electron chi connectivity index (χ0n) is 9.60. The van der Waals surface area contributed by atoms with Gasteiger partial charge in [0.25, 0.3) is 0 Å². The first kappa shape index (κ1) is 15.2. The number of hydrogen-bond acceptors (Lipinski definition) is 6. The van der Waals surface area contributed by atoms with Gasteiger partial charge in [0.2, 0.25) is 0 Å². The van der Waals surface area contributed by atoms with E-state index in [-0.39, 0.29) is 18.5 Å². The number of thioether (sulfide) groups is 1. The Labute approximate surface area is 99.5 Å². The topological polar surface area (TPSA) is 72.8 Å². The van der Waals surface area contributed by atoms with Crippen LogP contribution in [-0.2, 0) is 19.1 Å². The minimum atomic E-state index is -0.446. The maximum Gasteiger partial charge on any atom is 0.306 e. The van der Waals surface area contributed by atoms with Crippen molar-refractivity contribution in [1.82, 2.24) is 0 Å². The van der Waals surface area contributed by atoms with Crippen LogP contribution in [0.3, 0.4) is 0 Å². The van der Waals surface area contributed by atoms with Crippen molar-refractivity contribution in [3.8, 4) is 0 Å². The summed E-state index contributed by atoms with van der Waals surface area (Å²) in [6, 6.07) is 0. The van der Waals surface area contributed by atoms with E-state index < -0.39 is 6.10 Å². The van der Waals surface area contributed by atoms with E-state index >= 15 is 0 Å². The number of esters is 2. The minimum Gasteiger partial charge on any atom is -0.465 e. The van der Waals surface area contributed by atoms with Crippen LogP contribution in [0.1, 0.15) is 20.3 Å². The van der Waals surface area contributed by atoms with Crippen molar-refractivity contribution < 1.29 is 24.2 Å². The van der Waals surface area contributed by atoms with Gasteiger partial charge in [-0.05, 0) is 6.92 Å². The van der Waals surface area contributed by atoms with E-state index in [2.05, 4.69) is 0 Å². The fraction of sp³-hybridized carbons (Fsp3) is 0.800. The van der Waals surface area contributed by atoms with Crippen LogP contribution in [0.5, 0.6) is 0 Å². The van der Waals surface area contributed by atoms with Gasteiger partial charge < -0.3 is 14.6 Å². The van der Waals surface area contributed by atoms with Gasteiger partial charge >= 0.3 is 11.9 Å². The molecule has 0 aromatic heterocycles. The van der Waals surface area contributed by atoms with Crippen molar-refractivity contribution in [2.75, 3.05) is 24.7 Å². The monoisotopic (exact) mass is 250 g/mol. The van der Waals surface area contributed by atoms with E-state index in [9.17, 15) is 9.59 Å². The first-order valence-electron chi connectivity index (χ1n) is 5.07. The molecule has 1 unspecified atom stereocenters. The van der Waals surface area contributed by atoms with Crippen LogP contribution < -0.4 is 0 Å². The Morgan fingerprint density at radius 3 is 2.62 bits per heavy atom. The molecule has 0 amide bonds. The highest BCUT2D eigenvalue weighted by molar-refractivity contribution is 7.99. The molecule has 0 saturated heterocycles. The number of carbonyl (C=O) groups is 2. The lowest BCUT2D eigenvalue weighted by atomic mass is 10.4. The molecule has 0 aliphatic carbocycles. The van der Waals surface area contributed by atoms with Crippen LogP contribution in [0.2, 0.25) is 0 Å². The Balaban J connectivity index is 3.31. The summed E-state index contributed by atoms with van der Waals surface area (Å²) < 4.78 is 9.58. The zero-order valence-corrected chi connectivity index (χ0v) is 10.4. The third-order valence-corrected chi connectivity index (χ3v) is 2.52. The highest BCUT2D eigenvalue weighted by Crippen LogP contribution is 2.04. The van der Waals surface area contributed by atoms with Crippen molar-refractivity contribution >= 4 is 23.7 Å². The molecule has 0 spiro atoms. The Morgan fingerprint density at radius 2 is 2.06 bits per heavy atom. The second kappa shape index (κ2) is 9.47. The summed E-state index contributed by atoms with van der Waals surface area (Å²) in [7, 11) is 0. The van der Waals surface area contributed by atoms with E-state index in [1.54, 1.807) is 6.92 Å². The highest BCUT2D eigenvalue weighted by Gasteiger charge is 2.07. The van der Waals surface area contributed by atoms with E-state index in [1.165, 1.54) is 18.7 Å². The van der Waals surface area contributed by atoms with Crippen LogP contribution in [0.4, 0.5) is 0 Å². The number of carbonyl (C=O) groups excluding carboxylic acids is 2. The Kier molecular flexibility index (Phi) is 9.03. The standard InChI is InChI=1S/C10H18O5S/c1-8(7-11)15-10(13)3-5-16-6-4-14-9(2)12/h8,11H,3-7H2,1-2H3. The van der Waals surface area contributed by atoms with Gasteiger partial charge in [-0.2, -0.15) is 11.8 Å².